The molecule has 6 nitrogen and oxygen atoms in total. The second-order valence-corrected chi connectivity index (χ2v) is 9.17. The Bertz CT molecular complexity index is 1180. The number of hydrogen-bond acceptors (Lipinski definition) is 5. The van der Waals surface area contributed by atoms with E-state index in [9.17, 15) is 4.79 Å². The van der Waals surface area contributed by atoms with Crippen LogP contribution in [-0.4, -0.2) is 37.0 Å². The van der Waals surface area contributed by atoms with Crippen molar-refractivity contribution < 1.29 is 28.8 Å². The molecule has 0 radical (unpaired) electrons. The Morgan fingerprint density at radius 2 is 1.69 bits per heavy atom. The number of aliphatic carboxylic acids is 1. The first-order valence-electron chi connectivity index (χ1n) is 12.4. The van der Waals surface area contributed by atoms with E-state index in [0.717, 1.165) is 28.0 Å². The molecule has 1 N–H and O–H groups in total. The molecule has 0 aliphatic heterocycles. The average molecular weight is 491 g/mol. The Labute approximate surface area is 212 Å². The van der Waals surface area contributed by atoms with E-state index in [2.05, 4.69) is 50.2 Å². The van der Waals surface area contributed by atoms with Gasteiger partial charge in [-0.25, -0.2) is 0 Å². The van der Waals surface area contributed by atoms with E-state index in [1.54, 1.807) is 0 Å². The molecule has 3 atom stereocenters. The van der Waals surface area contributed by atoms with Gasteiger partial charge in [0.05, 0.1) is 12.5 Å². The van der Waals surface area contributed by atoms with E-state index in [1.807, 2.05) is 38.1 Å². The van der Waals surface area contributed by atoms with E-state index in [0.29, 0.717) is 37.7 Å². The van der Waals surface area contributed by atoms with Crippen LogP contribution in [0.2, 0.25) is 0 Å². The zero-order valence-electron chi connectivity index (χ0n) is 21.3. The van der Waals surface area contributed by atoms with Crippen molar-refractivity contribution in [3.63, 3.8) is 0 Å². The lowest BCUT2D eigenvalue weighted by Crippen LogP contribution is -2.08. The van der Waals surface area contributed by atoms with Crippen molar-refractivity contribution in [1.29, 1.82) is 0 Å². The normalized spacial score (nSPS) is 17.3. The van der Waals surface area contributed by atoms with E-state index >= 15 is 0 Å². The van der Waals surface area contributed by atoms with E-state index in [4.69, 9.17) is 24.1 Å². The van der Waals surface area contributed by atoms with Crippen LogP contribution in [0.15, 0.2) is 60.7 Å². The highest BCUT2D eigenvalue weighted by atomic mass is 16.5. The Morgan fingerprint density at radius 1 is 0.972 bits per heavy atom. The van der Waals surface area contributed by atoms with Crippen LogP contribution in [0, 0.1) is 19.8 Å². The van der Waals surface area contributed by atoms with Gasteiger partial charge in [-0.2, -0.15) is 0 Å². The molecule has 2 unspecified atom stereocenters. The van der Waals surface area contributed by atoms with Crippen LogP contribution < -0.4 is 14.2 Å². The van der Waals surface area contributed by atoms with E-state index < -0.39 is 11.9 Å². The number of carboxylic acids is 1. The Kier molecular flexibility index (Phi) is 8.16. The largest absolute Gasteiger partial charge is 0.491 e. The highest BCUT2D eigenvalue weighted by Crippen LogP contribution is 2.37. The van der Waals surface area contributed by atoms with Gasteiger partial charge < -0.3 is 24.1 Å². The molecule has 36 heavy (non-hydrogen) atoms. The lowest BCUT2D eigenvalue weighted by atomic mass is 9.93. The van der Waals surface area contributed by atoms with Crippen molar-refractivity contribution >= 4 is 5.97 Å². The minimum Gasteiger partial charge on any atom is -0.491 e. The van der Waals surface area contributed by atoms with E-state index in [-0.39, 0.29) is 12.2 Å². The topological polar surface area (TPSA) is 74.2 Å². The van der Waals surface area contributed by atoms with Crippen molar-refractivity contribution in [2.45, 2.75) is 46.3 Å². The van der Waals surface area contributed by atoms with Gasteiger partial charge in [-0.3, -0.25) is 4.79 Å². The molecule has 1 fully saturated rings. The number of carboxylic acid groups (broad SMARTS) is 1. The molecule has 0 amide bonds. The summed E-state index contributed by atoms with van der Waals surface area (Å²) in [7, 11) is 0. The maximum Gasteiger partial charge on any atom is 0.310 e. The fourth-order valence-corrected chi connectivity index (χ4v) is 4.40. The lowest BCUT2D eigenvalue weighted by molar-refractivity contribution is -0.139. The van der Waals surface area contributed by atoms with Gasteiger partial charge in [0, 0.05) is 19.1 Å². The SMILES string of the molecule is CCOCCOc1cc(C)c(-c2cccc(C(C)Oc3cccc(O[C@@H]4CC4C(=O)O)c3)c2)c(C)c1. The molecule has 0 saturated heterocycles. The second-order valence-electron chi connectivity index (χ2n) is 9.17. The summed E-state index contributed by atoms with van der Waals surface area (Å²) in [4.78, 5) is 11.1. The molecule has 0 heterocycles. The maximum atomic E-state index is 11.1. The summed E-state index contributed by atoms with van der Waals surface area (Å²) in [6.45, 7) is 9.99. The molecule has 0 bridgehead atoms. The molecule has 6 heteroatoms. The smallest absolute Gasteiger partial charge is 0.310 e. The summed E-state index contributed by atoms with van der Waals surface area (Å²) >= 11 is 0. The third-order valence-corrected chi connectivity index (χ3v) is 6.31. The van der Waals surface area contributed by atoms with Crippen LogP contribution in [0.4, 0.5) is 0 Å². The Hall–Kier alpha value is -3.51. The monoisotopic (exact) mass is 490 g/mol. The number of rotatable bonds is 12. The first-order chi connectivity index (χ1) is 17.4. The van der Waals surface area contributed by atoms with Crippen LogP contribution in [-0.2, 0) is 9.53 Å². The fourth-order valence-electron chi connectivity index (χ4n) is 4.40. The molecule has 1 aliphatic carbocycles. The quantitative estimate of drug-likeness (QED) is 0.297. The minimum absolute atomic E-state index is 0.185. The zero-order valence-corrected chi connectivity index (χ0v) is 21.3. The lowest BCUT2D eigenvalue weighted by Gasteiger charge is -2.18. The third kappa shape index (κ3) is 6.38. The van der Waals surface area contributed by atoms with Crippen molar-refractivity contribution in [3.8, 4) is 28.4 Å². The van der Waals surface area contributed by atoms with Gasteiger partial charge in [-0.15, -0.1) is 0 Å². The summed E-state index contributed by atoms with van der Waals surface area (Å²) in [5.74, 6) is 0.925. The molecule has 3 aromatic rings. The number of carbonyl (C=O) groups is 1. The van der Waals surface area contributed by atoms with Gasteiger partial charge in [0.2, 0.25) is 0 Å². The molecule has 1 saturated carbocycles. The third-order valence-electron chi connectivity index (χ3n) is 6.31. The maximum absolute atomic E-state index is 11.1. The van der Waals surface area contributed by atoms with E-state index in [1.165, 1.54) is 5.56 Å². The van der Waals surface area contributed by atoms with Gasteiger partial charge in [0.25, 0.3) is 0 Å². The van der Waals surface area contributed by atoms with Crippen molar-refractivity contribution in [2.75, 3.05) is 19.8 Å². The summed E-state index contributed by atoms with van der Waals surface area (Å²) in [6, 6.07) is 19.9. The van der Waals surface area contributed by atoms with Crippen molar-refractivity contribution in [1.82, 2.24) is 0 Å². The molecule has 0 aromatic heterocycles. The van der Waals surface area contributed by atoms with Gasteiger partial charge in [0.15, 0.2) is 0 Å². The van der Waals surface area contributed by atoms with Gasteiger partial charge in [0.1, 0.15) is 36.1 Å². The number of benzene rings is 3. The predicted octanol–water partition coefficient (Wildman–Crippen LogP) is 6.38. The van der Waals surface area contributed by atoms with Gasteiger partial charge in [-0.05, 0) is 85.8 Å². The molecule has 0 spiro atoms. The van der Waals surface area contributed by atoms with Crippen LogP contribution in [0.3, 0.4) is 0 Å². The summed E-state index contributed by atoms with van der Waals surface area (Å²) < 4.78 is 23.2. The Morgan fingerprint density at radius 3 is 2.39 bits per heavy atom. The van der Waals surface area contributed by atoms with Crippen LogP contribution in [0.1, 0.15) is 43.1 Å². The molecular weight excluding hydrogens is 456 g/mol. The first-order valence-corrected chi connectivity index (χ1v) is 12.4. The number of aryl methyl sites for hydroxylation is 2. The minimum atomic E-state index is -0.810. The summed E-state index contributed by atoms with van der Waals surface area (Å²) in [5.41, 5.74) is 5.68. The molecule has 4 rings (SSSR count). The number of ether oxygens (including phenoxy) is 4. The first kappa shape index (κ1) is 25.6. The number of hydrogen-bond donors (Lipinski definition) is 1. The standard InChI is InChI=1S/C30H34O6/c1-5-33-12-13-34-26-14-19(2)29(20(3)15-26)23-9-6-8-22(16-23)21(4)35-24-10-7-11-25(17-24)36-28-18-27(28)30(31)32/h6-11,14-17,21,27-28H,5,12-13,18H2,1-4H3,(H,31,32)/t21?,27?,28-/m1/s1. The highest BCUT2D eigenvalue weighted by Gasteiger charge is 2.45. The van der Waals surface area contributed by atoms with Crippen molar-refractivity contribution in [2.24, 2.45) is 5.92 Å². The summed E-state index contributed by atoms with van der Waals surface area (Å²) in [5, 5.41) is 9.09. The van der Waals surface area contributed by atoms with Gasteiger partial charge in [-0.1, -0.05) is 24.3 Å². The van der Waals surface area contributed by atoms with Crippen LogP contribution >= 0.6 is 0 Å². The zero-order chi connectivity index (χ0) is 25.7. The Balaban J connectivity index is 1.45. The fraction of sp³-hybridized carbons (Fsp3) is 0.367. The predicted molar refractivity (Wildman–Crippen MR) is 139 cm³/mol. The molecular formula is C30H34O6. The average Bonchev–Trinajstić information content (AvgIpc) is 3.61. The van der Waals surface area contributed by atoms with Crippen LogP contribution in [0.25, 0.3) is 11.1 Å². The van der Waals surface area contributed by atoms with Gasteiger partial charge >= 0.3 is 5.97 Å². The van der Waals surface area contributed by atoms with Crippen molar-refractivity contribution in [3.05, 3.63) is 77.4 Å². The molecule has 190 valence electrons. The second kappa shape index (κ2) is 11.5. The summed E-state index contributed by atoms with van der Waals surface area (Å²) in [6.07, 6.45) is 0.0949. The molecule has 3 aromatic carbocycles. The molecule has 1 aliphatic rings. The van der Waals surface area contributed by atoms with Crippen LogP contribution in [0.5, 0.6) is 17.2 Å². The highest BCUT2D eigenvalue weighted by molar-refractivity contribution is 5.74.